The van der Waals surface area contributed by atoms with Gasteiger partial charge >= 0.3 is 11.9 Å². The summed E-state index contributed by atoms with van der Waals surface area (Å²) in [4.78, 5) is 23.5. The molecule has 0 aromatic heterocycles. The highest BCUT2D eigenvalue weighted by Crippen LogP contribution is 2.36. The minimum absolute atomic E-state index is 0.166. The van der Waals surface area contributed by atoms with Crippen LogP contribution in [0.1, 0.15) is 11.1 Å². The molecule has 142 valence electrons. The van der Waals surface area contributed by atoms with Crippen molar-refractivity contribution in [2.45, 2.75) is 6.61 Å². The van der Waals surface area contributed by atoms with Gasteiger partial charge in [-0.15, -0.1) is 0 Å². The van der Waals surface area contributed by atoms with E-state index in [0.29, 0.717) is 25.8 Å². The Kier molecular flexibility index (Phi) is 7.55. The molecule has 2 aromatic rings. The Morgan fingerprint density at radius 2 is 1.63 bits per heavy atom. The summed E-state index contributed by atoms with van der Waals surface area (Å²) in [6.45, 7) is 0.166. The van der Waals surface area contributed by atoms with Crippen molar-refractivity contribution in [3.8, 4) is 5.75 Å². The van der Waals surface area contributed by atoms with E-state index in [-0.39, 0.29) is 18.0 Å². The predicted molar refractivity (Wildman–Crippen MR) is 105 cm³/mol. The Labute approximate surface area is 172 Å². The summed E-state index contributed by atoms with van der Waals surface area (Å²) < 4.78 is 29.4. The molecule has 0 bridgehead atoms. The Hall–Kier alpha value is -2.19. The zero-order valence-corrected chi connectivity index (χ0v) is 17.6. The second-order valence-electron chi connectivity index (χ2n) is 5.27. The molecule has 0 fully saturated rings. The summed E-state index contributed by atoms with van der Waals surface area (Å²) in [5.74, 6) is -1.46. The van der Waals surface area contributed by atoms with Crippen LogP contribution in [0.2, 0.25) is 0 Å². The summed E-state index contributed by atoms with van der Waals surface area (Å²) in [6, 6.07) is 9.43. The number of hydrogen-bond donors (Lipinski definition) is 0. The molecule has 0 saturated heterocycles. The first kappa shape index (κ1) is 21.1. The van der Waals surface area contributed by atoms with Crippen LogP contribution in [-0.2, 0) is 25.7 Å². The van der Waals surface area contributed by atoms with Crippen LogP contribution in [0.5, 0.6) is 5.75 Å². The molecule has 0 amide bonds. The van der Waals surface area contributed by atoms with E-state index in [1.807, 2.05) is 0 Å². The molecule has 27 heavy (non-hydrogen) atoms. The van der Waals surface area contributed by atoms with E-state index in [4.69, 9.17) is 4.74 Å². The second-order valence-corrected chi connectivity index (χ2v) is 6.98. The molecule has 0 unspecified atom stereocenters. The Morgan fingerprint density at radius 3 is 2.15 bits per heavy atom. The third-order valence-electron chi connectivity index (χ3n) is 3.41. The highest BCUT2D eigenvalue weighted by atomic mass is 79.9. The lowest BCUT2D eigenvalue weighted by Crippen LogP contribution is -2.15. The van der Waals surface area contributed by atoms with Crippen LogP contribution in [0.25, 0.3) is 6.08 Å². The lowest BCUT2D eigenvalue weighted by atomic mass is 10.1. The van der Waals surface area contributed by atoms with Gasteiger partial charge in [-0.05, 0) is 73.3 Å². The van der Waals surface area contributed by atoms with Crippen LogP contribution in [0, 0.1) is 5.82 Å². The van der Waals surface area contributed by atoms with Crippen LogP contribution in [0.4, 0.5) is 4.39 Å². The van der Waals surface area contributed by atoms with Gasteiger partial charge in [0.25, 0.3) is 0 Å². The Morgan fingerprint density at radius 1 is 1.04 bits per heavy atom. The van der Waals surface area contributed by atoms with E-state index in [1.165, 1.54) is 32.4 Å². The summed E-state index contributed by atoms with van der Waals surface area (Å²) in [5.41, 5.74) is 0.973. The van der Waals surface area contributed by atoms with E-state index in [2.05, 4.69) is 41.3 Å². The largest absolute Gasteiger partial charge is 0.487 e. The predicted octanol–water partition coefficient (Wildman–Crippen LogP) is 4.66. The van der Waals surface area contributed by atoms with Gasteiger partial charge in [0.1, 0.15) is 23.7 Å². The molecule has 0 heterocycles. The van der Waals surface area contributed by atoms with Gasteiger partial charge in [-0.1, -0.05) is 12.1 Å². The highest BCUT2D eigenvalue weighted by molar-refractivity contribution is 9.11. The summed E-state index contributed by atoms with van der Waals surface area (Å²) in [7, 11) is 2.35. The quantitative estimate of drug-likeness (QED) is 0.249. The minimum Gasteiger partial charge on any atom is -0.487 e. The summed E-state index contributed by atoms with van der Waals surface area (Å²) in [6.07, 6.45) is 1.35. The van der Waals surface area contributed by atoms with Gasteiger partial charge in [-0.2, -0.15) is 0 Å². The second kappa shape index (κ2) is 9.66. The average molecular weight is 502 g/mol. The van der Waals surface area contributed by atoms with Gasteiger partial charge in [0.15, 0.2) is 0 Å². The number of rotatable bonds is 6. The fourth-order valence-corrected chi connectivity index (χ4v) is 3.62. The van der Waals surface area contributed by atoms with Crippen LogP contribution in [0.15, 0.2) is 50.9 Å². The van der Waals surface area contributed by atoms with Crippen LogP contribution >= 0.6 is 31.9 Å². The van der Waals surface area contributed by atoms with E-state index < -0.39 is 11.9 Å². The van der Waals surface area contributed by atoms with Gasteiger partial charge in [-0.3, -0.25) is 0 Å². The molecule has 5 nitrogen and oxygen atoms in total. The first-order valence-electron chi connectivity index (χ1n) is 7.60. The summed E-state index contributed by atoms with van der Waals surface area (Å²) >= 11 is 6.79. The maximum atomic E-state index is 13.3. The van der Waals surface area contributed by atoms with Crippen molar-refractivity contribution < 1.29 is 28.2 Å². The van der Waals surface area contributed by atoms with E-state index in [9.17, 15) is 14.0 Å². The van der Waals surface area contributed by atoms with Crippen LogP contribution < -0.4 is 4.74 Å². The number of benzene rings is 2. The Bertz CT molecular complexity index is 854. The topological polar surface area (TPSA) is 61.8 Å². The fraction of sp³-hybridized carbons (Fsp3) is 0.158. The van der Waals surface area contributed by atoms with Gasteiger partial charge in [0, 0.05) is 0 Å². The molecule has 2 aromatic carbocycles. The van der Waals surface area contributed by atoms with E-state index in [1.54, 1.807) is 24.3 Å². The van der Waals surface area contributed by atoms with Gasteiger partial charge in [0.05, 0.1) is 23.2 Å². The minimum atomic E-state index is -0.805. The molecular formula is C19H15Br2FO5. The number of hydrogen-bond acceptors (Lipinski definition) is 5. The monoisotopic (exact) mass is 500 g/mol. The van der Waals surface area contributed by atoms with Crippen molar-refractivity contribution >= 4 is 49.9 Å². The fourth-order valence-electron chi connectivity index (χ4n) is 2.17. The van der Waals surface area contributed by atoms with Gasteiger partial charge < -0.3 is 14.2 Å². The number of esters is 2. The first-order chi connectivity index (χ1) is 12.8. The number of ether oxygens (including phenoxy) is 3. The lowest BCUT2D eigenvalue weighted by molar-refractivity contribution is -0.143. The molecule has 8 heteroatoms. The van der Waals surface area contributed by atoms with Gasteiger partial charge in [-0.25, -0.2) is 14.0 Å². The number of methoxy groups -OCH3 is 2. The zero-order valence-electron chi connectivity index (χ0n) is 14.4. The van der Waals surface area contributed by atoms with Gasteiger partial charge in [0.2, 0.25) is 0 Å². The molecular weight excluding hydrogens is 487 g/mol. The van der Waals surface area contributed by atoms with Crippen molar-refractivity contribution in [1.29, 1.82) is 0 Å². The van der Waals surface area contributed by atoms with Crippen molar-refractivity contribution in [1.82, 2.24) is 0 Å². The molecule has 2 rings (SSSR count). The standard InChI is InChI=1S/C19H15Br2FO5/c1-25-18(23)14(19(24)26-2)7-12-8-15(20)17(16(21)9-12)27-10-11-4-3-5-13(22)6-11/h3-9H,10H2,1-2H3. The smallest absolute Gasteiger partial charge is 0.345 e. The van der Waals surface area contributed by atoms with Crippen LogP contribution in [-0.4, -0.2) is 26.2 Å². The van der Waals surface area contributed by atoms with Crippen molar-refractivity contribution in [3.05, 3.63) is 67.9 Å². The highest BCUT2D eigenvalue weighted by Gasteiger charge is 2.20. The Balaban J connectivity index is 2.28. The molecule has 0 saturated carbocycles. The van der Waals surface area contributed by atoms with Crippen molar-refractivity contribution in [2.75, 3.05) is 14.2 Å². The SMILES string of the molecule is COC(=O)C(=Cc1cc(Br)c(OCc2cccc(F)c2)c(Br)c1)C(=O)OC. The number of carbonyl (C=O) groups excluding carboxylic acids is 2. The van der Waals surface area contributed by atoms with E-state index >= 15 is 0 Å². The molecule has 0 aliphatic rings. The number of carbonyl (C=O) groups is 2. The summed E-state index contributed by atoms with van der Waals surface area (Å²) in [5, 5.41) is 0. The third kappa shape index (κ3) is 5.64. The first-order valence-corrected chi connectivity index (χ1v) is 9.19. The van der Waals surface area contributed by atoms with Crippen LogP contribution in [0.3, 0.4) is 0 Å². The maximum Gasteiger partial charge on any atom is 0.345 e. The molecule has 0 aliphatic heterocycles. The zero-order chi connectivity index (χ0) is 20.0. The molecule has 0 atom stereocenters. The average Bonchev–Trinajstić information content (AvgIpc) is 2.64. The molecule has 0 aliphatic carbocycles. The molecule has 0 radical (unpaired) electrons. The molecule has 0 N–H and O–H groups in total. The maximum absolute atomic E-state index is 13.3. The number of halogens is 3. The van der Waals surface area contributed by atoms with Crippen molar-refractivity contribution in [2.24, 2.45) is 0 Å². The van der Waals surface area contributed by atoms with Crippen molar-refractivity contribution in [3.63, 3.8) is 0 Å². The molecule has 0 spiro atoms. The van der Waals surface area contributed by atoms with E-state index in [0.717, 1.165) is 0 Å². The lowest BCUT2D eigenvalue weighted by Gasteiger charge is -2.12. The third-order valence-corrected chi connectivity index (χ3v) is 4.59. The normalized spacial score (nSPS) is 10.1.